The fourth-order valence-electron chi connectivity index (χ4n) is 6.49. The van der Waals surface area contributed by atoms with Gasteiger partial charge in [-0.3, -0.25) is 0 Å². The highest BCUT2D eigenvalue weighted by atomic mass is 28.3. The van der Waals surface area contributed by atoms with Crippen LogP contribution in [0, 0.1) is 29.4 Å². The van der Waals surface area contributed by atoms with Crippen molar-refractivity contribution in [2.75, 3.05) is 0 Å². The second-order valence-electron chi connectivity index (χ2n) is 10.9. The highest BCUT2D eigenvalue weighted by Crippen LogP contribution is 2.42. The van der Waals surface area contributed by atoms with Crippen molar-refractivity contribution in [1.29, 1.82) is 0 Å². The molecule has 0 amide bonds. The number of aryl methyl sites for hydroxylation is 1. The number of unbranched alkanes of at least 4 members (excludes halogenated alkanes) is 2. The van der Waals surface area contributed by atoms with Crippen LogP contribution in [0.2, 0.25) is 18.1 Å². The predicted octanol–water partition coefficient (Wildman–Crippen LogP) is 9.20. The second-order valence-corrected chi connectivity index (χ2v) is 14.4. The van der Waals surface area contributed by atoms with E-state index < -0.39 is 11.6 Å². The summed E-state index contributed by atoms with van der Waals surface area (Å²) in [6.07, 6.45) is 15.6. The van der Waals surface area contributed by atoms with E-state index in [0.717, 1.165) is 35.3 Å². The van der Waals surface area contributed by atoms with Crippen LogP contribution in [0.25, 0.3) is 11.1 Å². The summed E-state index contributed by atoms with van der Waals surface area (Å²) in [6, 6.07) is 17.4. The Morgan fingerprint density at radius 1 is 0.758 bits per heavy atom. The molecule has 1 aliphatic heterocycles. The molecule has 2 aromatic carbocycles. The third-order valence-corrected chi connectivity index (χ3v) is 12.2. The van der Waals surface area contributed by atoms with E-state index in [4.69, 9.17) is 0 Å². The minimum absolute atomic E-state index is 0.373. The fraction of sp³-hybridized carbons (Fsp3) is 0.600. The normalized spacial score (nSPS) is 25.8. The first kappa shape index (κ1) is 24.6. The van der Waals surface area contributed by atoms with Gasteiger partial charge in [0.15, 0.2) is 11.6 Å². The van der Waals surface area contributed by atoms with Crippen molar-refractivity contribution in [1.82, 2.24) is 0 Å². The Hall–Kier alpha value is -1.48. The maximum absolute atomic E-state index is 13.5. The lowest BCUT2D eigenvalue weighted by molar-refractivity contribution is 0.186. The summed E-state index contributed by atoms with van der Waals surface area (Å²) in [4.78, 5) is 0. The van der Waals surface area contributed by atoms with Gasteiger partial charge >= 0.3 is 0 Å². The Morgan fingerprint density at radius 3 is 2.09 bits per heavy atom. The highest BCUT2D eigenvalue weighted by molar-refractivity contribution is 6.58. The van der Waals surface area contributed by atoms with Gasteiger partial charge < -0.3 is 0 Å². The van der Waals surface area contributed by atoms with Crippen molar-refractivity contribution in [3.63, 3.8) is 0 Å². The quantitative estimate of drug-likeness (QED) is 0.254. The van der Waals surface area contributed by atoms with Gasteiger partial charge in [-0.05, 0) is 72.3 Å². The van der Waals surface area contributed by atoms with Crippen LogP contribution in [-0.2, 0) is 6.42 Å². The highest BCUT2D eigenvalue weighted by Gasteiger charge is 2.30. The summed E-state index contributed by atoms with van der Waals surface area (Å²) in [5.41, 5.74) is 3.03. The topological polar surface area (TPSA) is 0 Å². The molecule has 0 atom stereocenters. The first-order valence-electron chi connectivity index (χ1n) is 13.7. The number of halogens is 2. The first-order chi connectivity index (χ1) is 16.1. The van der Waals surface area contributed by atoms with Crippen molar-refractivity contribution in [2.24, 2.45) is 17.8 Å². The van der Waals surface area contributed by atoms with Gasteiger partial charge in [-0.25, -0.2) is 8.78 Å². The first-order valence-corrected chi connectivity index (χ1v) is 16.1. The third kappa shape index (κ3) is 7.01. The van der Waals surface area contributed by atoms with Crippen LogP contribution in [0.3, 0.4) is 0 Å². The molecule has 1 heterocycles. The van der Waals surface area contributed by atoms with Crippen molar-refractivity contribution in [3.05, 3.63) is 59.7 Å². The van der Waals surface area contributed by atoms with Gasteiger partial charge in [-0.1, -0.05) is 100 Å². The van der Waals surface area contributed by atoms with Crippen LogP contribution in [0.4, 0.5) is 8.78 Å². The lowest BCUT2D eigenvalue weighted by atomic mass is 9.73. The number of benzene rings is 2. The van der Waals surface area contributed by atoms with Crippen molar-refractivity contribution in [2.45, 2.75) is 95.7 Å². The molecular formula is C30H42F2Si. The van der Waals surface area contributed by atoms with E-state index >= 15 is 0 Å². The fourth-order valence-corrected chi connectivity index (χ4v) is 10.0. The van der Waals surface area contributed by atoms with Gasteiger partial charge in [0.25, 0.3) is 0 Å². The molecule has 0 radical (unpaired) electrons. The van der Waals surface area contributed by atoms with E-state index in [2.05, 4.69) is 19.1 Å². The Kier molecular flexibility index (Phi) is 9.17. The zero-order valence-corrected chi connectivity index (χ0v) is 21.7. The number of hydrogen-bond donors (Lipinski definition) is 0. The zero-order valence-electron chi connectivity index (χ0n) is 20.5. The average molecular weight is 469 g/mol. The predicted molar refractivity (Wildman–Crippen MR) is 139 cm³/mol. The molecule has 4 rings (SSSR count). The van der Waals surface area contributed by atoms with E-state index in [1.165, 1.54) is 69.1 Å². The summed E-state index contributed by atoms with van der Waals surface area (Å²) in [7, 11) is -0.373. The number of hydrogen-bond acceptors (Lipinski definition) is 0. The molecule has 0 bridgehead atoms. The molecule has 2 fully saturated rings. The van der Waals surface area contributed by atoms with Gasteiger partial charge in [-0.15, -0.1) is 0 Å². The van der Waals surface area contributed by atoms with Crippen LogP contribution in [0.15, 0.2) is 42.5 Å². The van der Waals surface area contributed by atoms with Crippen LogP contribution in [-0.4, -0.2) is 8.80 Å². The van der Waals surface area contributed by atoms with Crippen LogP contribution in [0.1, 0.15) is 76.7 Å². The largest absolute Gasteiger partial charge is 0.204 e. The van der Waals surface area contributed by atoms with Gasteiger partial charge in [0, 0.05) is 8.80 Å². The molecule has 0 nitrogen and oxygen atoms in total. The summed E-state index contributed by atoms with van der Waals surface area (Å²) >= 11 is 0. The third-order valence-electron chi connectivity index (χ3n) is 8.71. The Labute approximate surface area is 201 Å². The average Bonchev–Trinajstić information content (AvgIpc) is 2.86. The number of rotatable bonds is 9. The molecule has 3 heteroatoms. The summed E-state index contributed by atoms with van der Waals surface area (Å²) in [5.74, 6) is 1.37. The summed E-state index contributed by atoms with van der Waals surface area (Å²) in [6.45, 7) is 2.32. The minimum Gasteiger partial charge on any atom is -0.204 e. The maximum Gasteiger partial charge on any atom is 0.159 e. The Morgan fingerprint density at radius 2 is 1.42 bits per heavy atom. The smallest absolute Gasteiger partial charge is 0.159 e. The van der Waals surface area contributed by atoms with Crippen LogP contribution in [0.5, 0.6) is 0 Å². The molecule has 1 aliphatic carbocycles. The minimum atomic E-state index is -0.790. The van der Waals surface area contributed by atoms with E-state index in [-0.39, 0.29) is 8.80 Å². The molecule has 0 spiro atoms. The van der Waals surface area contributed by atoms with Crippen LogP contribution < -0.4 is 0 Å². The van der Waals surface area contributed by atoms with Gasteiger partial charge in [0.2, 0.25) is 0 Å². The van der Waals surface area contributed by atoms with E-state index in [1.807, 2.05) is 12.1 Å². The molecule has 2 aliphatic rings. The molecule has 180 valence electrons. The lowest BCUT2D eigenvalue weighted by Crippen LogP contribution is -2.28. The van der Waals surface area contributed by atoms with Crippen molar-refractivity contribution in [3.8, 4) is 11.1 Å². The van der Waals surface area contributed by atoms with Crippen molar-refractivity contribution >= 4 is 8.80 Å². The molecule has 0 aromatic heterocycles. The van der Waals surface area contributed by atoms with Crippen molar-refractivity contribution < 1.29 is 8.78 Å². The zero-order chi connectivity index (χ0) is 23.0. The van der Waals surface area contributed by atoms with E-state index in [9.17, 15) is 8.78 Å². The van der Waals surface area contributed by atoms with Crippen LogP contribution >= 0.6 is 0 Å². The molecule has 0 unspecified atom stereocenters. The van der Waals surface area contributed by atoms with E-state index in [1.54, 1.807) is 37.0 Å². The maximum atomic E-state index is 13.5. The standard InChI is InChI=1S/C30H42F2Si/c1-2-3-4-19-33-20-17-27(18-21-33)25-11-7-23(8-12-25)5-6-24-9-13-26(14-10-24)28-15-16-29(31)30(32)22-28/h9-10,13-16,22-23,25,27,33H,2-8,11-12,17-21H2,1H3/t23-,25-,27?,33?. The van der Waals surface area contributed by atoms with E-state index in [0.29, 0.717) is 0 Å². The molecule has 2 aromatic rings. The molecular weight excluding hydrogens is 426 g/mol. The van der Waals surface area contributed by atoms with Gasteiger partial charge in [0.1, 0.15) is 0 Å². The molecule has 1 saturated carbocycles. The van der Waals surface area contributed by atoms with Gasteiger partial charge in [-0.2, -0.15) is 0 Å². The van der Waals surface area contributed by atoms with Gasteiger partial charge in [0.05, 0.1) is 0 Å². The Bertz CT molecular complexity index is 846. The molecule has 0 N–H and O–H groups in total. The summed E-state index contributed by atoms with van der Waals surface area (Å²) < 4.78 is 26.7. The molecule has 1 saturated heterocycles. The SMILES string of the molecule is CCCCC[SiH]1CCC([C@H]2CC[C@H](CCc3ccc(-c4ccc(F)c(F)c4)cc3)CC2)CC1. The Balaban J connectivity index is 1.17. The summed E-state index contributed by atoms with van der Waals surface area (Å²) in [5, 5.41) is 0. The molecule has 33 heavy (non-hydrogen) atoms. The second kappa shape index (κ2) is 12.3. The monoisotopic (exact) mass is 468 g/mol. The lowest BCUT2D eigenvalue weighted by Gasteiger charge is -2.37.